The molecule has 0 aliphatic heterocycles. The van der Waals surface area contributed by atoms with Crippen LogP contribution in [0.2, 0.25) is 5.02 Å². The van der Waals surface area contributed by atoms with E-state index in [2.05, 4.69) is 32.1 Å². The molecule has 0 unspecified atom stereocenters. The number of nitrogens with zero attached hydrogens (tertiary/aromatic N) is 4. The summed E-state index contributed by atoms with van der Waals surface area (Å²) in [5, 5.41) is 5.43. The van der Waals surface area contributed by atoms with E-state index in [4.69, 9.17) is 23.1 Å². The zero-order valence-corrected chi connectivity index (χ0v) is 15.6. The summed E-state index contributed by atoms with van der Waals surface area (Å²) in [5.74, 6) is 0.127. The Morgan fingerprint density at radius 2 is 2.24 bits per heavy atom. The number of pyridine rings is 1. The lowest BCUT2D eigenvalue weighted by molar-refractivity contribution is 0.535. The number of nitrogens with two attached hydrogens (primary N) is 2. The molecule has 2 heterocycles. The van der Waals surface area contributed by atoms with Crippen molar-refractivity contribution >= 4 is 34.6 Å². The summed E-state index contributed by atoms with van der Waals surface area (Å²) >= 11 is 7.63. The zero-order valence-electron chi connectivity index (χ0n) is 14.0. The van der Waals surface area contributed by atoms with Crippen LogP contribution in [0.15, 0.2) is 47.3 Å². The van der Waals surface area contributed by atoms with Crippen LogP contribution in [0, 0.1) is 0 Å². The molecule has 2 aromatic heterocycles. The molecule has 25 heavy (non-hydrogen) atoms. The molecule has 0 aromatic carbocycles. The van der Waals surface area contributed by atoms with Crippen molar-refractivity contribution in [3.63, 3.8) is 0 Å². The second-order valence-corrected chi connectivity index (χ2v) is 7.06. The molecule has 132 valence electrons. The van der Waals surface area contributed by atoms with Gasteiger partial charge in [0.05, 0.1) is 10.7 Å². The predicted molar refractivity (Wildman–Crippen MR) is 104 cm³/mol. The molecule has 0 saturated heterocycles. The summed E-state index contributed by atoms with van der Waals surface area (Å²) < 4.78 is 0. The molecule has 0 fully saturated rings. The van der Waals surface area contributed by atoms with Gasteiger partial charge in [0.15, 0.2) is 0 Å². The quantitative estimate of drug-likeness (QED) is 0.406. The van der Waals surface area contributed by atoms with Gasteiger partial charge < -0.3 is 11.5 Å². The Balaban J connectivity index is 2.19. The summed E-state index contributed by atoms with van der Waals surface area (Å²) in [6, 6.07) is 3.52. The number of nitrogens with one attached hydrogen (secondary N) is 1. The van der Waals surface area contributed by atoms with Gasteiger partial charge in [0.25, 0.3) is 0 Å². The minimum atomic E-state index is -0.715. The smallest absolute Gasteiger partial charge is 0.210 e. The van der Waals surface area contributed by atoms with Gasteiger partial charge >= 0.3 is 0 Å². The molecule has 2 rings (SSSR count). The summed E-state index contributed by atoms with van der Waals surface area (Å²) in [7, 11) is 0. The van der Waals surface area contributed by atoms with E-state index in [9.17, 15) is 0 Å². The third-order valence-electron chi connectivity index (χ3n) is 3.20. The molecule has 9 heteroatoms. The number of aliphatic imine (C=N–C) groups is 1. The minimum absolute atomic E-state index is 0.127. The molecule has 0 amide bonds. The van der Waals surface area contributed by atoms with E-state index in [-0.39, 0.29) is 5.96 Å². The average Bonchev–Trinajstić information content (AvgIpc) is 3.04. The van der Waals surface area contributed by atoms with E-state index in [1.807, 2.05) is 13.8 Å². The first-order chi connectivity index (χ1) is 11.9. The molecule has 0 radical (unpaired) electrons. The molecule has 7 nitrogen and oxygen atoms in total. The van der Waals surface area contributed by atoms with Gasteiger partial charge in [-0.25, -0.2) is 15.4 Å². The van der Waals surface area contributed by atoms with Crippen LogP contribution in [0.4, 0.5) is 0 Å². The second-order valence-electron chi connectivity index (χ2n) is 5.54. The van der Waals surface area contributed by atoms with Crippen LogP contribution in [0.25, 0.3) is 0 Å². The number of guanidine groups is 1. The highest BCUT2D eigenvalue weighted by atomic mass is 35.5. The van der Waals surface area contributed by atoms with E-state index in [1.54, 1.807) is 30.6 Å². The van der Waals surface area contributed by atoms with Gasteiger partial charge in [-0.15, -0.1) is 11.3 Å². The number of hydrazone groups is 1. The van der Waals surface area contributed by atoms with Crippen molar-refractivity contribution in [2.24, 2.45) is 21.6 Å². The molecule has 0 aliphatic carbocycles. The van der Waals surface area contributed by atoms with Crippen molar-refractivity contribution in [3.05, 3.63) is 57.8 Å². The molecule has 5 N–H and O–H groups in total. The van der Waals surface area contributed by atoms with Crippen molar-refractivity contribution in [3.8, 4) is 0 Å². The van der Waals surface area contributed by atoms with Crippen molar-refractivity contribution < 1.29 is 0 Å². The Morgan fingerprint density at radius 3 is 2.84 bits per heavy atom. The Hall–Kier alpha value is -2.29. The first-order valence-corrected chi connectivity index (χ1v) is 8.64. The second kappa shape index (κ2) is 8.19. The molecule has 0 saturated carbocycles. The summed E-state index contributed by atoms with van der Waals surface area (Å²) in [4.78, 5) is 13.9. The Kier molecular flexibility index (Phi) is 6.24. The van der Waals surface area contributed by atoms with Crippen LogP contribution in [-0.2, 0) is 12.1 Å². The summed E-state index contributed by atoms with van der Waals surface area (Å²) in [5.41, 5.74) is 14.7. The van der Waals surface area contributed by atoms with Crippen LogP contribution in [0.5, 0.6) is 0 Å². The fourth-order valence-corrected chi connectivity index (χ4v) is 3.16. The van der Waals surface area contributed by atoms with Gasteiger partial charge in [0, 0.05) is 23.8 Å². The predicted octanol–water partition coefficient (Wildman–Crippen LogP) is 2.38. The standard InChI is InChI=1S/C16H20ClN7S/c1-4-12(14-21-9-10(8-18)25-14)23-24-15(19)22-16(2,3)13-11(17)6-5-7-20-13/h4-7,9H,1,8,18H2,2-3H3,(H3,19,22,24)/b23-12+. The highest BCUT2D eigenvalue weighted by Crippen LogP contribution is 2.28. The normalized spacial score (nSPS) is 13.0. The maximum absolute atomic E-state index is 6.19. The van der Waals surface area contributed by atoms with Gasteiger partial charge in [-0.1, -0.05) is 18.2 Å². The molecule has 2 aromatic rings. The van der Waals surface area contributed by atoms with Crippen LogP contribution >= 0.6 is 22.9 Å². The monoisotopic (exact) mass is 377 g/mol. The van der Waals surface area contributed by atoms with E-state index in [1.165, 1.54) is 11.3 Å². The number of aromatic nitrogens is 2. The fraction of sp³-hybridized carbons (Fsp3) is 0.250. The summed E-state index contributed by atoms with van der Waals surface area (Å²) in [6.07, 6.45) is 4.95. The minimum Gasteiger partial charge on any atom is -0.368 e. The number of hydrogen-bond acceptors (Lipinski definition) is 6. The SMILES string of the molecule is C=C/C(=N\NC(N)=NC(C)(C)c1ncccc1Cl)c1ncc(CN)s1. The Bertz CT molecular complexity index is 810. The molecular weight excluding hydrogens is 358 g/mol. The van der Waals surface area contributed by atoms with Gasteiger partial charge in [-0.05, 0) is 32.1 Å². The van der Waals surface area contributed by atoms with Crippen LogP contribution in [0.3, 0.4) is 0 Å². The Labute approximate surface area is 155 Å². The average molecular weight is 378 g/mol. The van der Waals surface area contributed by atoms with Gasteiger partial charge in [-0.3, -0.25) is 4.98 Å². The molecular formula is C16H20ClN7S. The third-order valence-corrected chi connectivity index (χ3v) is 4.54. The van der Waals surface area contributed by atoms with Gasteiger partial charge in [0.1, 0.15) is 16.3 Å². The van der Waals surface area contributed by atoms with Crippen molar-refractivity contribution in [1.82, 2.24) is 15.4 Å². The van der Waals surface area contributed by atoms with E-state index < -0.39 is 5.54 Å². The van der Waals surface area contributed by atoms with E-state index in [0.29, 0.717) is 28.0 Å². The molecule has 0 atom stereocenters. The first kappa shape index (κ1) is 19.0. The molecule has 0 aliphatic rings. The fourth-order valence-electron chi connectivity index (χ4n) is 2.03. The van der Waals surface area contributed by atoms with Crippen molar-refractivity contribution in [2.75, 3.05) is 0 Å². The van der Waals surface area contributed by atoms with Crippen LogP contribution < -0.4 is 16.9 Å². The third kappa shape index (κ3) is 4.85. The van der Waals surface area contributed by atoms with Gasteiger partial charge in [-0.2, -0.15) is 5.10 Å². The van der Waals surface area contributed by atoms with Crippen LogP contribution in [-0.4, -0.2) is 21.6 Å². The Morgan fingerprint density at radius 1 is 1.48 bits per heavy atom. The highest BCUT2D eigenvalue weighted by molar-refractivity contribution is 7.13. The van der Waals surface area contributed by atoms with E-state index >= 15 is 0 Å². The molecule has 0 bridgehead atoms. The maximum Gasteiger partial charge on any atom is 0.210 e. The summed E-state index contributed by atoms with van der Waals surface area (Å²) in [6.45, 7) is 7.90. The largest absolute Gasteiger partial charge is 0.368 e. The maximum atomic E-state index is 6.19. The lowest BCUT2D eigenvalue weighted by Crippen LogP contribution is -2.32. The number of allylic oxidation sites excluding steroid dienone is 1. The first-order valence-electron chi connectivity index (χ1n) is 7.45. The number of thiazole rings is 1. The number of hydrogen-bond donors (Lipinski definition) is 3. The van der Waals surface area contributed by atoms with Gasteiger partial charge in [0.2, 0.25) is 5.96 Å². The topological polar surface area (TPSA) is 115 Å². The zero-order chi connectivity index (χ0) is 18.4. The number of halogens is 1. The van der Waals surface area contributed by atoms with Crippen LogP contribution in [0.1, 0.15) is 29.4 Å². The highest BCUT2D eigenvalue weighted by Gasteiger charge is 2.24. The van der Waals surface area contributed by atoms with E-state index in [0.717, 1.165) is 4.88 Å². The van der Waals surface area contributed by atoms with Crippen molar-refractivity contribution in [2.45, 2.75) is 25.9 Å². The lowest BCUT2D eigenvalue weighted by Gasteiger charge is -2.20. The number of rotatable bonds is 6. The molecule has 0 spiro atoms. The van der Waals surface area contributed by atoms with Crippen molar-refractivity contribution in [1.29, 1.82) is 0 Å². The lowest BCUT2D eigenvalue weighted by atomic mass is 10.0.